The van der Waals surface area contributed by atoms with Crippen LogP contribution in [0.1, 0.15) is 19.8 Å². The number of nitrogen functional groups attached to an aromatic ring is 1. The zero-order valence-corrected chi connectivity index (χ0v) is 12.9. The van der Waals surface area contributed by atoms with Crippen LogP contribution < -0.4 is 21.9 Å². The van der Waals surface area contributed by atoms with Crippen molar-refractivity contribution in [1.29, 1.82) is 0 Å². The molecule has 1 aromatic rings. The number of halogens is 2. The number of nitrogens with zero attached hydrogens (tertiary/aromatic N) is 1. The fraction of sp³-hybridized carbons (Fsp3) is 0.636. The Hall–Kier alpha value is -1.18. The van der Waals surface area contributed by atoms with Gasteiger partial charge in [-0.25, -0.2) is 0 Å². The van der Waals surface area contributed by atoms with Crippen molar-refractivity contribution in [2.45, 2.75) is 25.8 Å². The molecule has 0 saturated carbocycles. The SMILES string of the molecule is CCCCOCC1CNc2nc(N)[nH]c(=O)c2N1.Cl.Cl. The first kappa shape index (κ1) is 18.8. The Morgan fingerprint density at radius 2 is 2.20 bits per heavy atom. The van der Waals surface area contributed by atoms with Crippen molar-refractivity contribution in [3.8, 4) is 0 Å². The number of aromatic nitrogens is 2. The highest BCUT2D eigenvalue weighted by atomic mass is 35.5. The van der Waals surface area contributed by atoms with Gasteiger partial charge in [-0.3, -0.25) is 9.78 Å². The quantitative estimate of drug-likeness (QED) is 0.607. The van der Waals surface area contributed by atoms with Gasteiger partial charge in [-0.05, 0) is 6.42 Å². The molecule has 0 spiro atoms. The van der Waals surface area contributed by atoms with Crippen LogP contribution in [0.3, 0.4) is 0 Å². The Kier molecular flexibility index (Phi) is 8.36. The molecule has 9 heteroatoms. The molecular formula is C11H21Cl2N5O2. The molecular weight excluding hydrogens is 305 g/mol. The molecule has 2 rings (SSSR count). The highest BCUT2D eigenvalue weighted by Crippen LogP contribution is 2.19. The molecule has 1 unspecified atom stereocenters. The summed E-state index contributed by atoms with van der Waals surface area (Å²) in [6.45, 7) is 4.10. The molecule has 0 aliphatic carbocycles. The zero-order valence-electron chi connectivity index (χ0n) is 11.3. The lowest BCUT2D eigenvalue weighted by atomic mass is 10.2. The van der Waals surface area contributed by atoms with Crippen molar-refractivity contribution in [2.24, 2.45) is 0 Å². The Morgan fingerprint density at radius 3 is 2.90 bits per heavy atom. The van der Waals surface area contributed by atoms with Gasteiger partial charge >= 0.3 is 0 Å². The summed E-state index contributed by atoms with van der Waals surface area (Å²) in [5, 5.41) is 6.20. The molecule has 0 bridgehead atoms. The van der Waals surface area contributed by atoms with Crippen molar-refractivity contribution in [1.82, 2.24) is 9.97 Å². The second-order valence-electron chi connectivity index (χ2n) is 4.33. The molecule has 116 valence electrons. The van der Waals surface area contributed by atoms with Crippen LogP contribution >= 0.6 is 24.8 Å². The molecule has 0 aromatic carbocycles. The molecule has 1 aromatic heterocycles. The van der Waals surface area contributed by atoms with E-state index in [0.29, 0.717) is 24.7 Å². The van der Waals surface area contributed by atoms with E-state index >= 15 is 0 Å². The van der Waals surface area contributed by atoms with E-state index in [2.05, 4.69) is 27.5 Å². The zero-order chi connectivity index (χ0) is 13.0. The van der Waals surface area contributed by atoms with E-state index in [1.54, 1.807) is 0 Å². The average molecular weight is 326 g/mol. The van der Waals surface area contributed by atoms with E-state index < -0.39 is 0 Å². The topological polar surface area (TPSA) is 105 Å². The van der Waals surface area contributed by atoms with Gasteiger partial charge < -0.3 is 21.1 Å². The van der Waals surface area contributed by atoms with Crippen LogP contribution in [0.15, 0.2) is 4.79 Å². The Labute approximate surface area is 129 Å². The molecule has 1 atom stereocenters. The number of rotatable bonds is 5. The Morgan fingerprint density at radius 1 is 1.45 bits per heavy atom. The van der Waals surface area contributed by atoms with Crippen LogP contribution in [-0.4, -0.2) is 35.8 Å². The summed E-state index contributed by atoms with van der Waals surface area (Å²) in [5.74, 6) is 0.617. The average Bonchev–Trinajstić information content (AvgIpc) is 2.35. The second-order valence-corrected chi connectivity index (χ2v) is 4.33. The van der Waals surface area contributed by atoms with Crippen LogP contribution in [0.4, 0.5) is 17.5 Å². The molecule has 0 amide bonds. The van der Waals surface area contributed by atoms with Crippen LogP contribution in [-0.2, 0) is 4.74 Å². The van der Waals surface area contributed by atoms with Gasteiger partial charge in [-0.2, -0.15) is 4.98 Å². The fourth-order valence-electron chi connectivity index (χ4n) is 1.80. The Balaban J connectivity index is 0.00000180. The minimum Gasteiger partial charge on any atom is -0.379 e. The van der Waals surface area contributed by atoms with Crippen molar-refractivity contribution in [3.05, 3.63) is 10.4 Å². The minimum absolute atomic E-state index is 0. The van der Waals surface area contributed by atoms with Gasteiger partial charge in [0.25, 0.3) is 5.56 Å². The van der Waals surface area contributed by atoms with E-state index in [1.807, 2.05) is 0 Å². The predicted octanol–water partition coefficient (Wildman–Crippen LogP) is 1.22. The number of nitrogens with two attached hydrogens (primary N) is 1. The monoisotopic (exact) mass is 325 g/mol. The van der Waals surface area contributed by atoms with Crippen molar-refractivity contribution < 1.29 is 4.74 Å². The number of nitrogens with one attached hydrogen (secondary N) is 3. The summed E-state index contributed by atoms with van der Waals surface area (Å²) >= 11 is 0. The second kappa shape index (κ2) is 8.89. The lowest BCUT2D eigenvalue weighted by Crippen LogP contribution is -2.40. The third-order valence-electron chi connectivity index (χ3n) is 2.76. The first-order chi connectivity index (χ1) is 8.70. The third kappa shape index (κ3) is 4.73. The molecule has 1 aliphatic heterocycles. The largest absolute Gasteiger partial charge is 0.379 e. The maximum atomic E-state index is 11.7. The first-order valence-electron chi connectivity index (χ1n) is 6.18. The maximum absolute atomic E-state index is 11.7. The molecule has 2 heterocycles. The number of hydrogen-bond donors (Lipinski definition) is 4. The van der Waals surface area contributed by atoms with Crippen LogP contribution in [0.2, 0.25) is 0 Å². The number of anilines is 3. The standard InChI is InChI=1S/C11H19N5O2.2ClH/c1-2-3-4-18-6-7-5-13-9-8(14-7)10(17)16-11(12)15-9;;/h7,14H,2-6H2,1H3,(H4,12,13,15,16,17);2*1H. The summed E-state index contributed by atoms with van der Waals surface area (Å²) in [7, 11) is 0. The number of ether oxygens (including phenoxy) is 1. The summed E-state index contributed by atoms with van der Waals surface area (Å²) in [4.78, 5) is 18.2. The first-order valence-corrected chi connectivity index (χ1v) is 6.18. The highest BCUT2D eigenvalue weighted by Gasteiger charge is 2.21. The van der Waals surface area contributed by atoms with Crippen LogP contribution in [0, 0.1) is 0 Å². The van der Waals surface area contributed by atoms with Crippen molar-refractivity contribution >= 4 is 42.3 Å². The summed E-state index contributed by atoms with van der Waals surface area (Å²) in [5.41, 5.74) is 5.64. The van der Waals surface area contributed by atoms with Gasteiger partial charge in [-0.1, -0.05) is 13.3 Å². The number of aromatic amines is 1. The lowest BCUT2D eigenvalue weighted by molar-refractivity contribution is 0.124. The molecule has 1 aliphatic rings. The maximum Gasteiger partial charge on any atom is 0.277 e. The van der Waals surface area contributed by atoms with Crippen LogP contribution in [0.25, 0.3) is 0 Å². The molecule has 0 fully saturated rings. The smallest absolute Gasteiger partial charge is 0.277 e. The van der Waals surface area contributed by atoms with E-state index in [9.17, 15) is 4.79 Å². The predicted molar refractivity (Wildman–Crippen MR) is 85.4 cm³/mol. The number of unbranched alkanes of at least 4 members (excludes halogenated alkanes) is 1. The molecule has 7 nitrogen and oxygen atoms in total. The van der Waals surface area contributed by atoms with E-state index in [4.69, 9.17) is 10.5 Å². The van der Waals surface area contributed by atoms with E-state index in [1.165, 1.54) is 0 Å². The third-order valence-corrected chi connectivity index (χ3v) is 2.76. The van der Waals surface area contributed by atoms with E-state index in [-0.39, 0.29) is 42.4 Å². The molecule has 5 N–H and O–H groups in total. The molecule has 0 saturated heterocycles. The van der Waals surface area contributed by atoms with E-state index in [0.717, 1.165) is 19.4 Å². The molecule has 20 heavy (non-hydrogen) atoms. The lowest BCUT2D eigenvalue weighted by Gasteiger charge is -2.26. The van der Waals surface area contributed by atoms with Gasteiger partial charge in [0.2, 0.25) is 5.95 Å². The van der Waals surface area contributed by atoms with Gasteiger partial charge in [0.05, 0.1) is 12.6 Å². The summed E-state index contributed by atoms with van der Waals surface area (Å²) in [6, 6.07) is 0.0703. The van der Waals surface area contributed by atoms with Crippen LogP contribution in [0.5, 0.6) is 0 Å². The van der Waals surface area contributed by atoms with Crippen molar-refractivity contribution in [2.75, 3.05) is 36.1 Å². The Bertz CT molecular complexity index is 469. The van der Waals surface area contributed by atoms with Gasteiger partial charge in [0, 0.05) is 13.2 Å². The number of fused-ring (bicyclic) bond motifs is 1. The van der Waals surface area contributed by atoms with Gasteiger partial charge in [-0.15, -0.1) is 24.8 Å². The normalized spacial score (nSPS) is 15.9. The van der Waals surface area contributed by atoms with Gasteiger partial charge in [0.1, 0.15) is 5.69 Å². The number of H-pyrrole nitrogens is 1. The summed E-state index contributed by atoms with van der Waals surface area (Å²) in [6.07, 6.45) is 2.16. The number of hydrogen-bond acceptors (Lipinski definition) is 6. The summed E-state index contributed by atoms with van der Waals surface area (Å²) < 4.78 is 5.53. The fourth-order valence-corrected chi connectivity index (χ4v) is 1.80. The minimum atomic E-state index is -0.261. The van der Waals surface area contributed by atoms with Crippen molar-refractivity contribution in [3.63, 3.8) is 0 Å². The molecule has 0 radical (unpaired) electrons. The van der Waals surface area contributed by atoms with Gasteiger partial charge in [0.15, 0.2) is 5.82 Å². The highest BCUT2D eigenvalue weighted by molar-refractivity contribution is 5.85.